The van der Waals surface area contributed by atoms with Crippen LogP contribution in [0.4, 0.5) is 0 Å². The van der Waals surface area contributed by atoms with Crippen molar-refractivity contribution in [2.45, 2.75) is 130 Å². The van der Waals surface area contributed by atoms with Gasteiger partial charge in [0.15, 0.2) is 0 Å². The molecule has 0 spiro atoms. The number of hydrogen-bond acceptors (Lipinski definition) is 2. The topological polar surface area (TPSA) is 24.1 Å². The summed E-state index contributed by atoms with van der Waals surface area (Å²) in [7, 11) is -3.22. The molecule has 1 heterocycles. The van der Waals surface area contributed by atoms with E-state index in [2.05, 4.69) is 107 Å². The van der Waals surface area contributed by atoms with Crippen molar-refractivity contribution in [2.75, 3.05) is 0 Å². The Morgan fingerprint density at radius 3 is 0.844 bits per heavy atom. The lowest BCUT2D eigenvalue weighted by Crippen LogP contribution is -2.83. The molecular formula is C28H58N2Si2. The Labute approximate surface area is 204 Å². The summed E-state index contributed by atoms with van der Waals surface area (Å²) in [5.74, 6) is 6.88. The van der Waals surface area contributed by atoms with Gasteiger partial charge in [0, 0.05) is 11.1 Å². The fraction of sp³-hybridized carbons (Fsp3) is 1.00. The highest BCUT2D eigenvalue weighted by molar-refractivity contribution is 7.13. The summed E-state index contributed by atoms with van der Waals surface area (Å²) in [6, 6.07) is 0. The van der Waals surface area contributed by atoms with Crippen LogP contribution in [-0.4, -0.2) is 27.5 Å². The molecule has 2 N–H and O–H groups in total. The molecule has 32 heavy (non-hydrogen) atoms. The fourth-order valence-corrected chi connectivity index (χ4v) is 31.9. The minimum atomic E-state index is -1.61. The van der Waals surface area contributed by atoms with Crippen LogP contribution in [0.5, 0.6) is 0 Å². The molecule has 0 bridgehead atoms. The van der Waals surface area contributed by atoms with Gasteiger partial charge in [-0.05, 0) is 111 Å². The van der Waals surface area contributed by atoms with E-state index in [1.54, 1.807) is 11.3 Å². The Kier molecular flexibility index (Phi) is 7.14. The van der Waals surface area contributed by atoms with Crippen LogP contribution in [-0.2, 0) is 0 Å². The predicted octanol–water partition coefficient (Wildman–Crippen LogP) is 7.60. The Bertz CT molecular complexity index is 588. The standard InChI is InChI=1S/C28H58N2Si2/c1-17-18(2)22(6)25(21(17)5)31(29-27(9,10)11)15-32(16-31,30-28(12,13)14)26-23(7)19(3)20(4)24(26)8/h17-26,29-30H,15-16H2,1-14H3/t17-,18?,19+,20?,21?,22?,23?,24?,25?,26?,31?,32?. The summed E-state index contributed by atoms with van der Waals surface area (Å²) in [5, 5.41) is 0. The van der Waals surface area contributed by atoms with E-state index < -0.39 is 16.5 Å². The first-order valence-electron chi connectivity index (χ1n) is 13.9. The van der Waals surface area contributed by atoms with E-state index >= 15 is 0 Å². The molecule has 1 aliphatic heterocycles. The third kappa shape index (κ3) is 4.49. The molecule has 0 aromatic carbocycles. The highest BCUT2D eigenvalue weighted by Gasteiger charge is 2.70. The van der Waals surface area contributed by atoms with Gasteiger partial charge in [-0.1, -0.05) is 55.4 Å². The molecule has 1 saturated heterocycles. The summed E-state index contributed by atoms with van der Waals surface area (Å²) in [6.45, 7) is 35.2. The molecule has 8 unspecified atom stereocenters. The van der Waals surface area contributed by atoms with E-state index in [1.807, 2.05) is 0 Å². The van der Waals surface area contributed by atoms with Gasteiger partial charge in [0.25, 0.3) is 0 Å². The minimum Gasteiger partial charge on any atom is -0.332 e. The van der Waals surface area contributed by atoms with Crippen molar-refractivity contribution in [3.63, 3.8) is 0 Å². The van der Waals surface area contributed by atoms with E-state index in [-0.39, 0.29) is 11.1 Å². The molecule has 2 nitrogen and oxygen atoms in total. The molecule has 2 aliphatic carbocycles. The molecular weight excluding hydrogens is 420 g/mol. The Morgan fingerprint density at radius 1 is 0.438 bits per heavy atom. The van der Waals surface area contributed by atoms with Crippen LogP contribution in [0.3, 0.4) is 0 Å². The van der Waals surface area contributed by atoms with Gasteiger partial charge in [0.2, 0.25) is 0 Å². The van der Waals surface area contributed by atoms with E-state index in [4.69, 9.17) is 0 Å². The van der Waals surface area contributed by atoms with Crippen molar-refractivity contribution in [1.82, 2.24) is 9.96 Å². The van der Waals surface area contributed by atoms with Crippen LogP contribution < -0.4 is 9.96 Å². The first-order chi connectivity index (χ1) is 14.4. The third-order valence-corrected chi connectivity index (χ3v) is 28.3. The number of hydrogen-bond donors (Lipinski definition) is 2. The van der Waals surface area contributed by atoms with Crippen LogP contribution >= 0.6 is 0 Å². The minimum absolute atomic E-state index is 0.219. The smallest absolute Gasteiger partial charge is 0.126 e. The highest BCUT2D eigenvalue weighted by atomic mass is 28.5. The molecule has 0 amide bonds. The SMILES string of the molecule is CC1C(C)[C@@H](C)C(C)C1[Si]1(NC(C)(C)C)C[Si](NC(C)(C)C)(C2C(C)C(C)[C@H](C)C2C)C1. The number of nitrogens with one attached hydrogen (secondary N) is 2. The van der Waals surface area contributed by atoms with Gasteiger partial charge in [-0.25, -0.2) is 0 Å². The molecule has 2 saturated carbocycles. The van der Waals surface area contributed by atoms with Gasteiger partial charge in [0.1, 0.15) is 16.5 Å². The lowest BCUT2D eigenvalue weighted by molar-refractivity contribution is 0.352. The monoisotopic (exact) mass is 478 g/mol. The average molecular weight is 479 g/mol. The van der Waals surface area contributed by atoms with Crippen molar-refractivity contribution >= 4 is 16.5 Å². The Morgan fingerprint density at radius 2 is 0.656 bits per heavy atom. The van der Waals surface area contributed by atoms with E-state index in [0.29, 0.717) is 0 Å². The summed E-state index contributed by atoms with van der Waals surface area (Å²) in [5.41, 5.74) is 5.41. The maximum absolute atomic E-state index is 4.46. The lowest BCUT2D eigenvalue weighted by atomic mass is 9.92. The first-order valence-corrected chi connectivity index (χ1v) is 18.9. The quantitative estimate of drug-likeness (QED) is 0.406. The molecule has 0 radical (unpaired) electrons. The van der Waals surface area contributed by atoms with Gasteiger partial charge in [-0.15, -0.1) is 0 Å². The normalized spacial score (nSPS) is 52.3. The predicted molar refractivity (Wildman–Crippen MR) is 148 cm³/mol. The maximum atomic E-state index is 4.46. The molecule has 188 valence electrons. The maximum Gasteiger partial charge on any atom is 0.126 e. The summed E-state index contributed by atoms with van der Waals surface area (Å²) in [6.07, 6.45) is 0. The van der Waals surface area contributed by atoms with Gasteiger partial charge in [-0.3, -0.25) is 0 Å². The van der Waals surface area contributed by atoms with Crippen LogP contribution in [0, 0.1) is 47.3 Å². The molecule has 3 rings (SSSR count). The van der Waals surface area contributed by atoms with Crippen molar-refractivity contribution in [2.24, 2.45) is 47.3 Å². The zero-order valence-electron chi connectivity index (χ0n) is 24.2. The first kappa shape index (κ1) is 26.9. The zero-order chi connectivity index (χ0) is 24.6. The van der Waals surface area contributed by atoms with E-state index in [0.717, 1.165) is 58.4 Å². The molecule has 4 heteroatoms. The van der Waals surface area contributed by atoms with Crippen molar-refractivity contribution in [1.29, 1.82) is 0 Å². The summed E-state index contributed by atoms with van der Waals surface area (Å²) in [4.78, 5) is 8.93. The van der Waals surface area contributed by atoms with Crippen molar-refractivity contribution in [3.8, 4) is 0 Å². The summed E-state index contributed by atoms with van der Waals surface area (Å²) < 4.78 is 0. The van der Waals surface area contributed by atoms with E-state index in [1.165, 1.54) is 0 Å². The highest BCUT2D eigenvalue weighted by Crippen LogP contribution is 2.65. The van der Waals surface area contributed by atoms with Gasteiger partial charge in [-0.2, -0.15) is 0 Å². The fourth-order valence-electron chi connectivity index (χ4n) is 9.58. The zero-order valence-corrected chi connectivity index (χ0v) is 26.2. The second-order valence-electron chi connectivity index (χ2n) is 15.3. The molecule has 0 aromatic heterocycles. The largest absolute Gasteiger partial charge is 0.332 e. The Hall–Kier alpha value is 0.354. The second kappa shape index (κ2) is 8.48. The van der Waals surface area contributed by atoms with Crippen LogP contribution in [0.2, 0.25) is 22.4 Å². The van der Waals surface area contributed by atoms with E-state index in [9.17, 15) is 0 Å². The van der Waals surface area contributed by atoms with Gasteiger partial charge < -0.3 is 9.96 Å². The van der Waals surface area contributed by atoms with Crippen molar-refractivity contribution < 1.29 is 0 Å². The molecule has 3 aliphatic rings. The van der Waals surface area contributed by atoms with Crippen LogP contribution in [0.15, 0.2) is 0 Å². The Balaban J connectivity index is 2.04. The number of rotatable bonds is 4. The van der Waals surface area contributed by atoms with Crippen LogP contribution in [0.25, 0.3) is 0 Å². The van der Waals surface area contributed by atoms with Crippen LogP contribution in [0.1, 0.15) is 96.9 Å². The average Bonchev–Trinajstić information content (AvgIpc) is 2.90. The van der Waals surface area contributed by atoms with Crippen molar-refractivity contribution in [3.05, 3.63) is 0 Å². The van der Waals surface area contributed by atoms with Gasteiger partial charge >= 0.3 is 0 Å². The van der Waals surface area contributed by atoms with Gasteiger partial charge in [0.05, 0.1) is 0 Å². The molecule has 10 atom stereocenters. The third-order valence-electron chi connectivity index (χ3n) is 11.0. The lowest BCUT2D eigenvalue weighted by Gasteiger charge is -2.65. The molecule has 0 aromatic rings. The second-order valence-corrected chi connectivity index (χ2v) is 24.6. The summed E-state index contributed by atoms with van der Waals surface area (Å²) >= 11 is 0. The molecule has 3 fully saturated rings.